The first-order chi connectivity index (χ1) is 12.4. The molecule has 3 nitrogen and oxygen atoms in total. The van der Waals surface area contributed by atoms with Crippen LogP contribution in [0.25, 0.3) is 0 Å². The number of rotatable bonds is 6. The van der Waals surface area contributed by atoms with Gasteiger partial charge in [-0.2, -0.15) is 0 Å². The van der Waals surface area contributed by atoms with Crippen molar-refractivity contribution in [2.75, 3.05) is 5.32 Å². The second kappa shape index (κ2) is 8.75. The van der Waals surface area contributed by atoms with Gasteiger partial charge in [-0.3, -0.25) is 9.78 Å². The lowest BCUT2D eigenvalue weighted by atomic mass is 10.0. The molecule has 0 atom stereocenters. The second-order valence-electron chi connectivity index (χ2n) is 6.34. The minimum absolute atomic E-state index is 0.0306. The van der Waals surface area contributed by atoms with E-state index < -0.39 is 11.7 Å². The minimum Gasteiger partial charge on any atom is -0.321 e. The number of amides is 1. The molecule has 1 N–H and O–H groups in total. The summed E-state index contributed by atoms with van der Waals surface area (Å²) in [5.41, 5.74) is 4.42. The van der Waals surface area contributed by atoms with E-state index in [2.05, 4.69) is 10.3 Å². The molecule has 1 amide bonds. The predicted molar refractivity (Wildman–Crippen MR) is 105 cm³/mol. The third kappa shape index (κ3) is 4.01. The van der Waals surface area contributed by atoms with Gasteiger partial charge < -0.3 is 5.32 Å². The summed E-state index contributed by atoms with van der Waals surface area (Å²) in [5, 5.41) is 2.94. The Labute approximate surface area is 155 Å². The van der Waals surface area contributed by atoms with Crippen molar-refractivity contribution < 1.29 is 9.18 Å². The third-order valence-electron chi connectivity index (χ3n) is 4.64. The number of halogens is 1. The monoisotopic (exact) mass is 354 g/mol. The van der Waals surface area contributed by atoms with Crippen LogP contribution in [0.1, 0.15) is 59.2 Å². The van der Waals surface area contributed by atoms with Gasteiger partial charge >= 0.3 is 0 Å². The summed E-state index contributed by atoms with van der Waals surface area (Å²) in [6.07, 6.45) is 5.75. The average Bonchev–Trinajstić information content (AvgIpc) is 2.61. The Hall–Kier alpha value is -2.49. The first kappa shape index (κ1) is 19.8. The Morgan fingerprint density at radius 1 is 1.15 bits per heavy atom. The Kier molecular flexibility index (Phi) is 6.67. The smallest absolute Gasteiger partial charge is 0.260 e. The molecule has 0 aliphatic heterocycles. The van der Waals surface area contributed by atoms with Gasteiger partial charge in [-0.1, -0.05) is 44.2 Å². The van der Waals surface area contributed by atoms with Crippen LogP contribution in [0, 0.1) is 19.7 Å². The zero-order valence-electron chi connectivity index (χ0n) is 16.2. The van der Waals surface area contributed by atoms with Gasteiger partial charge in [-0.15, -0.1) is 0 Å². The lowest BCUT2D eigenvalue weighted by Gasteiger charge is -2.17. The van der Waals surface area contributed by atoms with E-state index in [1.807, 2.05) is 51.1 Å². The number of carbonyl (C=O) groups excluding carboxylic acids is 1. The highest BCUT2D eigenvalue weighted by atomic mass is 19.1. The Balaban J connectivity index is 2.48. The molecule has 1 aromatic heterocycles. The number of nitrogens with zero attached hydrogens (tertiary/aromatic N) is 1. The van der Waals surface area contributed by atoms with Gasteiger partial charge in [0.25, 0.3) is 5.91 Å². The van der Waals surface area contributed by atoms with Crippen LogP contribution in [-0.4, -0.2) is 10.9 Å². The van der Waals surface area contributed by atoms with E-state index in [0.29, 0.717) is 23.4 Å². The minimum atomic E-state index is -0.474. The lowest BCUT2D eigenvalue weighted by Crippen LogP contribution is -2.20. The Morgan fingerprint density at radius 3 is 2.31 bits per heavy atom. The summed E-state index contributed by atoms with van der Waals surface area (Å²) >= 11 is 0. The van der Waals surface area contributed by atoms with Crippen molar-refractivity contribution in [1.29, 1.82) is 0 Å². The van der Waals surface area contributed by atoms with Gasteiger partial charge in [0.15, 0.2) is 0 Å². The number of hydrogen-bond donors (Lipinski definition) is 1. The SMILES string of the molecule is CC=CCc1c(C)nc(C)c(C(=O)Nc2c(CC)cccc2CC)c1F. The molecule has 0 spiro atoms. The zero-order chi connectivity index (χ0) is 19.3. The average molecular weight is 354 g/mol. The molecule has 26 heavy (non-hydrogen) atoms. The topological polar surface area (TPSA) is 42.0 Å². The van der Waals surface area contributed by atoms with Crippen LogP contribution in [0.15, 0.2) is 30.4 Å². The molecule has 0 fully saturated rings. The van der Waals surface area contributed by atoms with E-state index >= 15 is 4.39 Å². The molecule has 0 saturated heterocycles. The van der Waals surface area contributed by atoms with Gasteiger partial charge in [-0.05, 0) is 51.2 Å². The number of nitrogens with one attached hydrogen (secondary N) is 1. The van der Waals surface area contributed by atoms with Crippen LogP contribution in [0.2, 0.25) is 0 Å². The molecule has 1 heterocycles. The highest BCUT2D eigenvalue weighted by Gasteiger charge is 2.22. The van der Waals surface area contributed by atoms with Crippen molar-refractivity contribution in [2.24, 2.45) is 0 Å². The van der Waals surface area contributed by atoms with Crippen molar-refractivity contribution in [2.45, 2.75) is 53.9 Å². The summed E-state index contributed by atoms with van der Waals surface area (Å²) < 4.78 is 15.1. The summed E-state index contributed by atoms with van der Waals surface area (Å²) in [6.45, 7) is 9.42. The van der Waals surface area contributed by atoms with Crippen LogP contribution in [0.4, 0.5) is 10.1 Å². The van der Waals surface area contributed by atoms with Gasteiger partial charge in [0.2, 0.25) is 0 Å². The van der Waals surface area contributed by atoms with E-state index in [9.17, 15) is 4.79 Å². The molecule has 0 unspecified atom stereocenters. The van der Waals surface area contributed by atoms with Gasteiger partial charge in [0, 0.05) is 16.9 Å². The van der Waals surface area contributed by atoms with E-state index in [-0.39, 0.29) is 5.56 Å². The maximum Gasteiger partial charge on any atom is 0.260 e. The fourth-order valence-corrected chi connectivity index (χ4v) is 3.16. The van der Waals surface area contributed by atoms with Crippen molar-refractivity contribution in [3.05, 3.63) is 69.8 Å². The number of carbonyl (C=O) groups is 1. The normalized spacial score (nSPS) is 11.2. The van der Waals surface area contributed by atoms with Crippen LogP contribution < -0.4 is 5.32 Å². The van der Waals surface area contributed by atoms with Crippen LogP contribution in [-0.2, 0) is 19.3 Å². The van der Waals surface area contributed by atoms with Crippen molar-refractivity contribution in [3.63, 3.8) is 0 Å². The van der Waals surface area contributed by atoms with Crippen LogP contribution in [0.3, 0.4) is 0 Å². The van der Waals surface area contributed by atoms with Gasteiger partial charge in [0.1, 0.15) is 5.82 Å². The molecule has 2 aromatic rings. The summed E-state index contributed by atoms with van der Waals surface area (Å²) in [4.78, 5) is 17.3. The van der Waals surface area contributed by atoms with E-state index in [0.717, 1.165) is 29.7 Å². The molecule has 0 bridgehead atoms. The fourth-order valence-electron chi connectivity index (χ4n) is 3.16. The molecule has 0 saturated carbocycles. The molecule has 0 aliphatic carbocycles. The lowest BCUT2D eigenvalue weighted by molar-refractivity contribution is 0.102. The van der Waals surface area contributed by atoms with Crippen molar-refractivity contribution in [1.82, 2.24) is 4.98 Å². The summed E-state index contributed by atoms with van der Waals surface area (Å²) in [5.74, 6) is -0.914. The number of anilines is 1. The molecular weight excluding hydrogens is 327 g/mol. The maximum atomic E-state index is 15.1. The molecule has 1 aromatic carbocycles. The highest BCUT2D eigenvalue weighted by molar-refractivity contribution is 6.06. The van der Waals surface area contributed by atoms with Crippen molar-refractivity contribution in [3.8, 4) is 0 Å². The summed E-state index contributed by atoms with van der Waals surface area (Å²) in [6, 6.07) is 5.97. The van der Waals surface area contributed by atoms with E-state index in [4.69, 9.17) is 0 Å². The number of benzene rings is 1. The van der Waals surface area contributed by atoms with Crippen molar-refractivity contribution >= 4 is 11.6 Å². The number of pyridine rings is 1. The number of allylic oxidation sites excluding steroid dienone is 2. The molecule has 0 radical (unpaired) electrons. The zero-order valence-corrected chi connectivity index (χ0v) is 16.2. The first-order valence-electron chi connectivity index (χ1n) is 9.13. The molecule has 4 heteroatoms. The Bertz CT molecular complexity index is 818. The maximum absolute atomic E-state index is 15.1. The van der Waals surface area contributed by atoms with Crippen LogP contribution in [0.5, 0.6) is 0 Å². The first-order valence-corrected chi connectivity index (χ1v) is 9.13. The van der Waals surface area contributed by atoms with Gasteiger partial charge in [-0.25, -0.2) is 4.39 Å². The third-order valence-corrected chi connectivity index (χ3v) is 4.64. The molecular formula is C22H27FN2O. The number of aryl methyl sites for hydroxylation is 4. The predicted octanol–water partition coefficient (Wildman–Crippen LogP) is 5.33. The van der Waals surface area contributed by atoms with Crippen LogP contribution >= 0.6 is 0 Å². The fraction of sp³-hybridized carbons (Fsp3) is 0.364. The quantitative estimate of drug-likeness (QED) is 0.712. The number of hydrogen-bond acceptors (Lipinski definition) is 2. The molecule has 2 rings (SSSR count). The van der Waals surface area contributed by atoms with E-state index in [1.54, 1.807) is 13.8 Å². The van der Waals surface area contributed by atoms with Gasteiger partial charge in [0.05, 0.1) is 11.3 Å². The molecule has 138 valence electrons. The number of para-hydroxylation sites is 1. The standard InChI is InChI=1S/C22H27FN2O/c1-6-9-13-18-14(4)24-15(5)19(20(18)23)22(26)25-21-16(7-2)11-10-12-17(21)8-3/h6,9-12H,7-8,13H2,1-5H3,(H,25,26). The summed E-state index contributed by atoms with van der Waals surface area (Å²) in [7, 11) is 0. The highest BCUT2D eigenvalue weighted by Crippen LogP contribution is 2.25. The molecule has 0 aliphatic rings. The second-order valence-corrected chi connectivity index (χ2v) is 6.34. The Morgan fingerprint density at radius 2 is 1.77 bits per heavy atom. The number of aromatic nitrogens is 1. The van der Waals surface area contributed by atoms with E-state index in [1.165, 1.54) is 0 Å². The largest absolute Gasteiger partial charge is 0.321 e.